The first-order valence-electron chi connectivity index (χ1n) is 5.28. The normalized spacial score (nSPS) is 23.2. The monoisotopic (exact) mass is 170 g/mol. The molecule has 1 rings (SSSR count). The van der Waals surface area contributed by atoms with Crippen LogP contribution in [0.5, 0.6) is 0 Å². The van der Waals surface area contributed by atoms with Gasteiger partial charge in [0.2, 0.25) is 0 Å². The van der Waals surface area contributed by atoms with Crippen LogP contribution in [-0.4, -0.2) is 13.2 Å². The molecule has 1 atom stereocenters. The van der Waals surface area contributed by atoms with Gasteiger partial charge in [-0.15, -0.1) is 0 Å². The average Bonchev–Trinajstić information content (AvgIpc) is 2.01. The predicted molar refractivity (Wildman–Crippen MR) is 52.2 cm³/mol. The maximum atomic E-state index is 5.26. The van der Waals surface area contributed by atoms with E-state index >= 15 is 0 Å². The van der Waals surface area contributed by atoms with Crippen LogP contribution in [0.2, 0.25) is 0 Å². The topological polar surface area (TPSA) is 9.23 Å². The molecule has 1 aliphatic rings. The minimum atomic E-state index is 0.524. The van der Waals surface area contributed by atoms with Gasteiger partial charge in [0, 0.05) is 5.41 Å². The number of rotatable bonds is 5. The second-order valence-electron chi connectivity index (χ2n) is 4.57. The van der Waals surface area contributed by atoms with Crippen LogP contribution < -0.4 is 0 Å². The summed E-state index contributed by atoms with van der Waals surface area (Å²) in [6.45, 7) is 8.93. The fourth-order valence-corrected chi connectivity index (χ4v) is 2.12. The molecule has 0 spiro atoms. The molecule has 1 aliphatic heterocycles. The lowest BCUT2D eigenvalue weighted by Crippen LogP contribution is -2.41. The summed E-state index contributed by atoms with van der Waals surface area (Å²) < 4.78 is 5.26. The van der Waals surface area contributed by atoms with E-state index in [0.717, 1.165) is 19.1 Å². The fourth-order valence-electron chi connectivity index (χ4n) is 2.12. The van der Waals surface area contributed by atoms with Crippen molar-refractivity contribution < 1.29 is 4.74 Å². The van der Waals surface area contributed by atoms with Crippen molar-refractivity contribution in [3.8, 4) is 0 Å². The van der Waals surface area contributed by atoms with E-state index < -0.39 is 0 Å². The summed E-state index contributed by atoms with van der Waals surface area (Å²) in [5, 5.41) is 0. The van der Waals surface area contributed by atoms with Crippen LogP contribution in [0.4, 0.5) is 0 Å². The predicted octanol–water partition coefficient (Wildman–Crippen LogP) is 3.24. The Morgan fingerprint density at radius 3 is 2.33 bits per heavy atom. The van der Waals surface area contributed by atoms with Gasteiger partial charge >= 0.3 is 0 Å². The van der Waals surface area contributed by atoms with E-state index in [2.05, 4.69) is 20.8 Å². The third-order valence-corrected chi connectivity index (χ3v) is 2.96. The van der Waals surface area contributed by atoms with Gasteiger partial charge in [0.15, 0.2) is 0 Å². The molecule has 1 heteroatoms. The quantitative estimate of drug-likeness (QED) is 0.615. The Balaban J connectivity index is 2.25. The molecule has 12 heavy (non-hydrogen) atoms. The van der Waals surface area contributed by atoms with Crippen LogP contribution in [0.15, 0.2) is 0 Å². The molecule has 0 radical (unpaired) electrons. The Hall–Kier alpha value is -0.0400. The van der Waals surface area contributed by atoms with Crippen molar-refractivity contribution in [2.45, 2.75) is 46.5 Å². The molecule has 0 aliphatic carbocycles. The molecular weight excluding hydrogens is 148 g/mol. The summed E-state index contributed by atoms with van der Waals surface area (Å²) in [4.78, 5) is 0. The first-order chi connectivity index (χ1) is 5.70. The highest BCUT2D eigenvalue weighted by atomic mass is 16.5. The second kappa shape index (κ2) is 4.27. The molecule has 0 N–H and O–H groups in total. The molecule has 0 aromatic rings. The highest BCUT2D eigenvalue weighted by molar-refractivity contribution is 4.82. The second-order valence-corrected chi connectivity index (χ2v) is 4.57. The first kappa shape index (κ1) is 10.0. The van der Waals surface area contributed by atoms with Gasteiger partial charge in [-0.2, -0.15) is 0 Å². The Bertz CT molecular complexity index is 127. The molecule has 1 fully saturated rings. The zero-order valence-electron chi connectivity index (χ0n) is 8.73. The Kier molecular flexibility index (Phi) is 3.57. The van der Waals surface area contributed by atoms with Crippen LogP contribution in [0.3, 0.4) is 0 Å². The Morgan fingerprint density at radius 2 is 2.00 bits per heavy atom. The van der Waals surface area contributed by atoms with Gasteiger partial charge in [-0.3, -0.25) is 0 Å². The van der Waals surface area contributed by atoms with Gasteiger partial charge < -0.3 is 4.74 Å². The summed E-state index contributed by atoms with van der Waals surface area (Å²) in [5.74, 6) is 0.934. The summed E-state index contributed by atoms with van der Waals surface area (Å²) >= 11 is 0. The van der Waals surface area contributed by atoms with Crippen molar-refractivity contribution in [3.05, 3.63) is 0 Å². The van der Waals surface area contributed by atoms with Crippen molar-refractivity contribution in [1.29, 1.82) is 0 Å². The van der Waals surface area contributed by atoms with Crippen molar-refractivity contribution in [2.24, 2.45) is 11.3 Å². The SMILES string of the molecule is CCCC(CC)CC1(C)COC1. The maximum Gasteiger partial charge on any atom is 0.0542 e. The standard InChI is InChI=1S/C11H22O/c1-4-6-10(5-2)7-11(3)8-12-9-11/h10H,4-9H2,1-3H3. The zero-order valence-corrected chi connectivity index (χ0v) is 8.73. The van der Waals surface area contributed by atoms with Crippen LogP contribution >= 0.6 is 0 Å². The first-order valence-corrected chi connectivity index (χ1v) is 5.28. The highest BCUT2D eigenvalue weighted by Gasteiger charge is 2.34. The largest absolute Gasteiger partial charge is 0.380 e. The smallest absolute Gasteiger partial charge is 0.0542 e. The fraction of sp³-hybridized carbons (Fsp3) is 1.00. The molecule has 0 aromatic heterocycles. The molecule has 1 nitrogen and oxygen atoms in total. The highest BCUT2D eigenvalue weighted by Crippen LogP contribution is 2.36. The van der Waals surface area contributed by atoms with Gasteiger partial charge in [0.05, 0.1) is 13.2 Å². The molecule has 0 amide bonds. The minimum absolute atomic E-state index is 0.524. The third-order valence-electron chi connectivity index (χ3n) is 2.96. The average molecular weight is 170 g/mol. The number of ether oxygens (including phenoxy) is 1. The van der Waals surface area contributed by atoms with Crippen molar-refractivity contribution in [1.82, 2.24) is 0 Å². The third kappa shape index (κ3) is 2.48. The van der Waals surface area contributed by atoms with Gasteiger partial charge in [-0.25, -0.2) is 0 Å². The molecule has 1 saturated heterocycles. The summed E-state index contributed by atoms with van der Waals surface area (Å²) in [6, 6.07) is 0. The number of hydrogen-bond donors (Lipinski definition) is 0. The maximum absolute atomic E-state index is 5.26. The van der Waals surface area contributed by atoms with Crippen LogP contribution in [-0.2, 0) is 4.74 Å². The van der Waals surface area contributed by atoms with Gasteiger partial charge in [-0.05, 0) is 12.3 Å². The minimum Gasteiger partial charge on any atom is -0.380 e. The molecule has 72 valence electrons. The lowest BCUT2D eigenvalue weighted by molar-refractivity contribution is -0.113. The van der Waals surface area contributed by atoms with E-state index in [-0.39, 0.29) is 0 Å². The molecular formula is C11H22O. The van der Waals surface area contributed by atoms with Crippen LogP contribution in [0.1, 0.15) is 46.5 Å². The van der Waals surface area contributed by atoms with Crippen LogP contribution in [0.25, 0.3) is 0 Å². The lowest BCUT2D eigenvalue weighted by atomic mass is 9.77. The van der Waals surface area contributed by atoms with E-state index in [0.29, 0.717) is 5.41 Å². The van der Waals surface area contributed by atoms with E-state index in [1.807, 2.05) is 0 Å². The Labute approximate surface area is 76.5 Å². The van der Waals surface area contributed by atoms with Crippen molar-refractivity contribution in [2.75, 3.05) is 13.2 Å². The lowest BCUT2D eigenvalue weighted by Gasteiger charge is -2.40. The summed E-state index contributed by atoms with van der Waals surface area (Å²) in [7, 11) is 0. The summed E-state index contributed by atoms with van der Waals surface area (Å²) in [5.41, 5.74) is 0.524. The van der Waals surface area contributed by atoms with E-state index in [4.69, 9.17) is 4.74 Å². The number of hydrogen-bond acceptors (Lipinski definition) is 1. The molecule has 0 bridgehead atoms. The van der Waals surface area contributed by atoms with Gasteiger partial charge in [0.1, 0.15) is 0 Å². The summed E-state index contributed by atoms with van der Waals surface area (Å²) in [6.07, 6.45) is 5.43. The van der Waals surface area contributed by atoms with Crippen molar-refractivity contribution in [3.63, 3.8) is 0 Å². The van der Waals surface area contributed by atoms with Gasteiger partial charge in [-0.1, -0.05) is 40.0 Å². The Morgan fingerprint density at radius 1 is 1.33 bits per heavy atom. The molecule has 1 heterocycles. The molecule has 1 unspecified atom stereocenters. The van der Waals surface area contributed by atoms with Crippen molar-refractivity contribution >= 4 is 0 Å². The van der Waals surface area contributed by atoms with E-state index in [9.17, 15) is 0 Å². The van der Waals surface area contributed by atoms with Crippen LogP contribution in [0, 0.1) is 11.3 Å². The van der Waals surface area contributed by atoms with E-state index in [1.54, 1.807) is 0 Å². The van der Waals surface area contributed by atoms with E-state index in [1.165, 1.54) is 25.7 Å². The molecule has 0 aromatic carbocycles. The zero-order chi connectivity index (χ0) is 9.03. The molecule has 0 saturated carbocycles. The van der Waals surface area contributed by atoms with Gasteiger partial charge in [0.25, 0.3) is 0 Å².